The van der Waals surface area contributed by atoms with Crippen LogP contribution in [-0.4, -0.2) is 45.4 Å². The van der Waals surface area contributed by atoms with Crippen LogP contribution < -0.4 is 14.2 Å². The third-order valence-corrected chi connectivity index (χ3v) is 7.86. The first-order valence-electron chi connectivity index (χ1n) is 18.8. The molecule has 0 aromatic heterocycles. The second-order valence-corrected chi connectivity index (χ2v) is 14.1. The van der Waals surface area contributed by atoms with Gasteiger partial charge < -0.3 is 19.1 Å². The van der Waals surface area contributed by atoms with Gasteiger partial charge in [-0.1, -0.05) is 136 Å². The lowest BCUT2D eigenvalue weighted by Gasteiger charge is -2.11. The lowest BCUT2D eigenvalue weighted by Crippen LogP contribution is -2.19. The maximum Gasteiger partial charge on any atom is 0.119 e. The lowest BCUT2D eigenvalue weighted by molar-refractivity contribution is 0.261. The van der Waals surface area contributed by atoms with Crippen molar-refractivity contribution >= 4 is 0 Å². The first-order valence-corrected chi connectivity index (χ1v) is 18.8. The van der Waals surface area contributed by atoms with Crippen molar-refractivity contribution < 1.29 is 14.2 Å². The SMILES string of the molecule is CC(C)c1ccc(OCCN(C)C)cc1.CC(C)c1ccccc1.CCCOc1ccc(C(C)C)cc1.CCCOc1ccc(C(C)C)cc1. The van der Waals surface area contributed by atoms with Gasteiger partial charge in [-0.15, -0.1) is 0 Å². The third-order valence-electron chi connectivity index (χ3n) is 7.86. The van der Waals surface area contributed by atoms with Crippen molar-refractivity contribution in [3.8, 4) is 17.2 Å². The summed E-state index contributed by atoms with van der Waals surface area (Å²) in [5.41, 5.74) is 5.50. The van der Waals surface area contributed by atoms with Gasteiger partial charge in [0.1, 0.15) is 23.9 Å². The van der Waals surface area contributed by atoms with Gasteiger partial charge in [0.05, 0.1) is 13.2 Å². The molecule has 4 nitrogen and oxygen atoms in total. The average Bonchev–Trinajstić information content (AvgIpc) is 3.11. The molecule has 0 unspecified atom stereocenters. The van der Waals surface area contributed by atoms with E-state index in [4.69, 9.17) is 14.2 Å². The first kappa shape index (κ1) is 44.3. The summed E-state index contributed by atoms with van der Waals surface area (Å²) in [5, 5.41) is 0. The molecule has 0 fully saturated rings. The van der Waals surface area contributed by atoms with Gasteiger partial charge in [0.2, 0.25) is 0 Å². The Labute approximate surface area is 307 Å². The van der Waals surface area contributed by atoms with Gasteiger partial charge in [0.15, 0.2) is 0 Å². The molecule has 0 heterocycles. The van der Waals surface area contributed by atoms with E-state index in [1.807, 2.05) is 56.6 Å². The van der Waals surface area contributed by atoms with Gasteiger partial charge in [-0.05, 0) is 109 Å². The zero-order valence-electron chi connectivity index (χ0n) is 33.5. The molecule has 0 saturated carbocycles. The summed E-state index contributed by atoms with van der Waals surface area (Å²) in [6.07, 6.45) is 2.12. The summed E-state index contributed by atoms with van der Waals surface area (Å²) in [7, 11) is 4.09. The van der Waals surface area contributed by atoms with Gasteiger partial charge in [-0.2, -0.15) is 0 Å². The number of rotatable bonds is 14. The fraction of sp³-hybridized carbons (Fsp3) is 0.478. The van der Waals surface area contributed by atoms with Crippen LogP contribution in [0.4, 0.5) is 0 Å². The smallest absolute Gasteiger partial charge is 0.119 e. The predicted octanol–water partition coefficient (Wildman–Crippen LogP) is 12.8. The summed E-state index contributed by atoms with van der Waals surface area (Å²) in [4.78, 5) is 2.11. The number of likely N-dealkylation sites (N-methyl/N-ethyl adjacent to an activating group) is 1. The zero-order chi connectivity index (χ0) is 37.3. The van der Waals surface area contributed by atoms with E-state index in [2.05, 4.69) is 135 Å². The molecule has 0 spiro atoms. The van der Waals surface area contributed by atoms with E-state index in [0.717, 1.165) is 56.5 Å². The Morgan fingerprint density at radius 1 is 0.400 bits per heavy atom. The molecule has 0 atom stereocenters. The maximum atomic E-state index is 5.61. The van der Waals surface area contributed by atoms with Crippen molar-refractivity contribution in [2.75, 3.05) is 40.5 Å². The Hall–Kier alpha value is -3.76. The van der Waals surface area contributed by atoms with Crippen LogP contribution in [0.2, 0.25) is 0 Å². The quantitative estimate of drug-likeness (QED) is 0.132. The summed E-state index contributed by atoms with van der Waals surface area (Å²) >= 11 is 0. The molecule has 0 amide bonds. The molecular weight excluding hydrogens is 615 g/mol. The third kappa shape index (κ3) is 20.0. The van der Waals surface area contributed by atoms with Crippen molar-refractivity contribution in [2.24, 2.45) is 0 Å². The Bertz CT molecular complexity index is 1290. The molecular formula is C46H69NO3. The molecule has 0 saturated heterocycles. The highest BCUT2D eigenvalue weighted by molar-refractivity contribution is 5.30. The van der Waals surface area contributed by atoms with Crippen molar-refractivity contribution in [3.05, 3.63) is 125 Å². The fourth-order valence-corrected chi connectivity index (χ4v) is 4.47. The van der Waals surface area contributed by atoms with Crippen LogP contribution in [0.1, 0.15) is 128 Å². The van der Waals surface area contributed by atoms with Crippen LogP contribution in [0.5, 0.6) is 17.2 Å². The summed E-state index contributed by atoms with van der Waals surface area (Å²) in [6.45, 7) is 25.1. The standard InChI is InChI=1S/C13H21NO.2C12H18O.C9H12/c1-11(2)12-5-7-13(8-6-12)15-10-9-14(3)4;2*1-4-9-13-12-7-5-11(6-8-12)10(2)3;1-8(2)9-6-4-3-5-7-9/h5-8,11H,9-10H2,1-4H3;2*5-8,10H,4,9H2,1-3H3;3-8H,1-2H3. The second kappa shape index (κ2) is 26.1. The molecule has 4 rings (SSSR count). The maximum absolute atomic E-state index is 5.61. The predicted molar refractivity (Wildman–Crippen MR) is 218 cm³/mol. The largest absolute Gasteiger partial charge is 0.494 e. The highest BCUT2D eigenvalue weighted by Crippen LogP contribution is 2.20. The van der Waals surface area contributed by atoms with E-state index in [-0.39, 0.29) is 0 Å². The zero-order valence-corrected chi connectivity index (χ0v) is 33.5. The number of hydrogen-bond acceptors (Lipinski definition) is 4. The molecule has 0 N–H and O–H groups in total. The minimum absolute atomic E-state index is 0.584. The van der Waals surface area contributed by atoms with Crippen LogP contribution >= 0.6 is 0 Å². The summed E-state index contributed by atoms with van der Waals surface area (Å²) in [5.74, 6) is 5.35. The number of benzene rings is 4. The second-order valence-electron chi connectivity index (χ2n) is 14.1. The summed E-state index contributed by atoms with van der Waals surface area (Å²) in [6, 6.07) is 35.6. The molecule has 0 aliphatic rings. The van der Waals surface area contributed by atoms with E-state index >= 15 is 0 Å². The molecule has 276 valence electrons. The molecule has 0 radical (unpaired) electrons. The van der Waals surface area contributed by atoms with Crippen molar-refractivity contribution in [1.82, 2.24) is 4.90 Å². The topological polar surface area (TPSA) is 30.9 Å². The van der Waals surface area contributed by atoms with Crippen LogP contribution in [0.3, 0.4) is 0 Å². The molecule has 4 aromatic rings. The highest BCUT2D eigenvalue weighted by Gasteiger charge is 2.01. The number of ether oxygens (including phenoxy) is 3. The molecule has 0 bridgehead atoms. The van der Waals surface area contributed by atoms with Gasteiger partial charge in [0, 0.05) is 6.54 Å². The lowest BCUT2D eigenvalue weighted by atomic mass is 10.0. The van der Waals surface area contributed by atoms with E-state index in [1.54, 1.807) is 0 Å². The van der Waals surface area contributed by atoms with E-state index in [1.165, 1.54) is 22.3 Å². The van der Waals surface area contributed by atoms with Gasteiger partial charge in [-0.3, -0.25) is 0 Å². The van der Waals surface area contributed by atoms with Gasteiger partial charge in [-0.25, -0.2) is 0 Å². The van der Waals surface area contributed by atoms with Gasteiger partial charge >= 0.3 is 0 Å². The molecule has 0 aliphatic carbocycles. The normalized spacial score (nSPS) is 10.6. The van der Waals surface area contributed by atoms with E-state index in [0.29, 0.717) is 23.7 Å². The number of nitrogens with zero attached hydrogens (tertiary/aromatic N) is 1. The van der Waals surface area contributed by atoms with Crippen LogP contribution in [-0.2, 0) is 0 Å². The Balaban J connectivity index is 0.000000338. The Morgan fingerprint density at radius 2 is 0.680 bits per heavy atom. The van der Waals surface area contributed by atoms with Crippen molar-refractivity contribution in [3.63, 3.8) is 0 Å². The van der Waals surface area contributed by atoms with E-state index in [9.17, 15) is 0 Å². The number of hydrogen-bond donors (Lipinski definition) is 0. The van der Waals surface area contributed by atoms with Crippen LogP contribution in [0, 0.1) is 0 Å². The average molecular weight is 684 g/mol. The van der Waals surface area contributed by atoms with Crippen molar-refractivity contribution in [2.45, 2.75) is 106 Å². The molecule has 4 heteroatoms. The Morgan fingerprint density at radius 3 is 0.920 bits per heavy atom. The molecule has 4 aromatic carbocycles. The minimum atomic E-state index is 0.584. The monoisotopic (exact) mass is 684 g/mol. The first-order chi connectivity index (χ1) is 23.9. The van der Waals surface area contributed by atoms with E-state index < -0.39 is 0 Å². The van der Waals surface area contributed by atoms with Crippen molar-refractivity contribution in [1.29, 1.82) is 0 Å². The molecule has 0 aliphatic heterocycles. The highest BCUT2D eigenvalue weighted by atomic mass is 16.5. The Kier molecular flexibility index (Phi) is 23.1. The minimum Gasteiger partial charge on any atom is -0.494 e. The molecule has 50 heavy (non-hydrogen) atoms. The van der Waals surface area contributed by atoms with Gasteiger partial charge in [0.25, 0.3) is 0 Å². The summed E-state index contributed by atoms with van der Waals surface area (Å²) < 4.78 is 16.6. The van der Waals surface area contributed by atoms with Crippen LogP contribution in [0.15, 0.2) is 103 Å². The fourth-order valence-electron chi connectivity index (χ4n) is 4.47. The van der Waals surface area contributed by atoms with Crippen LogP contribution in [0.25, 0.3) is 0 Å².